The van der Waals surface area contributed by atoms with Crippen molar-refractivity contribution in [3.63, 3.8) is 0 Å². The van der Waals surface area contributed by atoms with Gasteiger partial charge in [-0.05, 0) is 63.3 Å². The number of amides is 1. The highest BCUT2D eigenvalue weighted by atomic mass is 16.6. The Balaban J connectivity index is 1.94. The molecule has 0 aliphatic rings. The number of benzene rings is 2. The minimum Gasteiger partial charge on any atom is -0.508 e. The van der Waals surface area contributed by atoms with E-state index in [0.717, 1.165) is 11.1 Å². The number of aryl methyl sites for hydroxylation is 1. The molecule has 0 saturated carbocycles. The Morgan fingerprint density at radius 1 is 1.00 bits per heavy atom. The van der Waals surface area contributed by atoms with Gasteiger partial charge < -0.3 is 19.9 Å². The van der Waals surface area contributed by atoms with E-state index in [1.54, 1.807) is 32.9 Å². The van der Waals surface area contributed by atoms with Gasteiger partial charge in [0.05, 0.1) is 0 Å². The van der Waals surface area contributed by atoms with E-state index in [1.165, 1.54) is 0 Å². The third-order valence-corrected chi connectivity index (χ3v) is 4.09. The van der Waals surface area contributed by atoms with Gasteiger partial charge in [0.25, 0.3) is 0 Å². The van der Waals surface area contributed by atoms with Gasteiger partial charge in [0.1, 0.15) is 24.0 Å². The van der Waals surface area contributed by atoms with E-state index >= 15 is 0 Å². The summed E-state index contributed by atoms with van der Waals surface area (Å²) in [6, 6.07) is 15.5. The highest BCUT2D eigenvalue weighted by molar-refractivity contribution is 5.81. The van der Waals surface area contributed by atoms with Crippen molar-refractivity contribution in [2.45, 2.75) is 58.3 Å². The second-order valence-corrected chi connectivity index (χ2v) is 7.85. The van der Waals surface area contributed by atoms with E-state index in [0.29, 0.717) is 19.3 Å². The van der Waals surface area contributed by atoms with Crippen LogP contribution in [-0.4, -0.2) is 28.8 Å². The number of hydrogen-bond acceptors (Lipinski definition) is 5. The summed E-state index contributed by atoms with van der Waals surface area (Å²) in [5.74, 6) is -0.284. The number of rotatable bonds is 8. The molecule has 0 fully saturated rings. The van der Waals surface area contributed by atoms with Crippen LogP contribution in [0.15, 0.2) is 54.6 Å². The summed E-state index contributed by atoms with van der Waals surface area (Å²) in [5, 5.41) is 12.0. The Labute approximate surface area is 171 Å². The Hall–Kier alpha value is -3.02. The number of aromatic hydroxyl groups is 1. The molecule has 0 unspecified atom stereocenters. The number of nitrogens with one attached hydrogen (secondary N) is 1. The van der Waals surface area contributed by atoms with Crippen LogP contribution in [0.2, 0.25) is 0 Å². The van der Waals surface area contributed by atoms with Gasteiger partial charge in [-0.1, -0.05) is 42.5 Å². The van der Waals surface area contributed by atoms with Crippen LogP contribution in [0.3, 0.4) is 0 Å². The molecule has 0 heterocycles. The molecule has 0 spiro atoms. The second-order valence-electron chi connectivity index (χ2n) is 7.85. The quantitative estimate of drug-likeness (QED) is 0.645. The molecule has 0 bridgehead atoms. The van der Waals surface area contributed by atoms with Crippen molar-refractivity contribution in [2.75, 3.05) is 0 Å². The largest absolute Gasteiger partial charge is 0.508 e. The van der Waals surface area contributed by atoms with Crippen LogP contribution in [-0.2, 0) is 27.3 Å². The highest BCUT2D eigenvalue weighted by Gasteiger charge is 2.25. The fourth-order valence-electron chi connectivity index (χ4n) is 2.70. The van der Waals surface area contributed by atoms with E-state index in [2.05, 4.69) is 5.32 Å². The number of carbonyl (C=O) groups excluding carboxylic acids is 2. The number of hydrogen-bond donors (Lipinski definition) is 2. The molecule has 0 saturated heterocycles. The molecule has 6 heteroatoms. The van der Waals surface area contributed by atoms with Crippen LogP contribution in [0.5, 0.6) is 5.75 Å². The first kappa shape index (κ1) is 22.3. The van der Waals surface area contributed by atoms with Crippen LogP contribution in [0.4, 0.5) is 4.79 Å². The second kappa shape index (κ2) is 10.5. The summed E-state index contributed by atoms with van der Waals surface area (Å²) in [6.45, 7) is 5.44. The molecule has 29 heavy (non-hydrogen) atoms. The van der Waals surface area contributed by atoms with Crippen molar-refractivity contribution in [3.8, 4) is 5.75 Å². The van der Waals surface area contributed by atoms with Crippen LogP contribution >= 0.6 is 0 Å². The fourth-order valence-corrected chi connectivity index (χ4v) is 2.70. The molecule has 1 amide bonds. The zero-order chi connectivity index (χ0) is 21.3. The lowest BCUT2D eigenvalue weighted by Crippen LogP contribution is -2.44. The van der Waals surface area contributed by atoms with Gasteiger partial charge in [-0.2, -0.15) is 0 Å². The Kier molecular flexibility index (Phi) is 8.07. The zero-order valence-corrected chi connectivity index (χ0v) is 17.2. The van der Waals surface area contributed by atoms with Crippen LogP contribution in [0, 0.1) is 0 Å². The summed E-state index contributed by atoms with van der Waals surface area (Å²) in [5.41, 5.74) is 1.26. The molecule has 0 aliphatic carbocycles. The molecule has 2 N–H and O–H groups in total. The summed E-state index contributed by atoms with van der Waals surface area (Å²) in [7, 11) is 0. The van der Waals surface area contributed by atoms with Gasteiger partial charge in [-0.3, -0.25) is 0 Å². The standard InChI is InChI=1S/C23H29NO5/c1-23(2,3)29-22(27)24-20(11-7-10-17-12-14-19(25)15-13-17)21(26)28-16-18-8-5-4-6-9-18/h4-6,8-9,12-15,20,25H,7,10-11,16H2,1-3H3,(H,24,27)/t20-/m1/s1. The van der Waals surface area contributed by atoms with Crippen molar-refractivity contribution >= 4 is 12.1 Å². The lowest BCUT2D eigenvalue weighted by Gasteiger charge is -2.23. The summed E-state index contributed by atoms with van der Waals surface area (Å²) in [6.07, 6.45) is 1.13. The van der Waals surface area contributed by atoms with Crippen LogP contribution in [0.1, 0.15) is 44.7 Å². The number of esters is 1. The summed E-state index contributed by atoms with van der Waals surface area (Å²) in [4.78, 5) is 24.7. The first-order valence-electron chi connectivity index (χ1n) is 9.71. The fraction of sp³-hybridized carbons (Fsp3) is 0.391. The van der Waals surface area contributed by atoms with E-state index in [9.17, 15) is 14.7 Å². The van der Waals surface area contributed by atoms with Gasteiger partial charge in [0.2, 0.25) is 0 Å². The summed E-state index contributed by atoms with van der Waals surface area (Å²) < 4.78 is 10.7. The van der Waals surface area contributed by atoms with Gasteiger partial charge >= 0.3 is 12.1 Å². The third-order valence-electron chi connectivity index (χ3n) is 4.09. The zero-order valence-electron chi connectivity index (χ0n) is 17.2. The first-order valence-corrected chi connectivity index (χ1v) is 9.71. The van der Waals surface area contributed by atoms with Crippen molar-refractivity contribution in [3.05, 3.63) is 65.7 Å². The smallest absolute Gasteiger partial charge is 0.408 e. The molecule has 2 aromatic carbocycles. The van der Waals surface area contributed by atoms with Crippen molar-refractivity contribution < 1.29 is 24.2 Å². The maximum Gasteiger partial charge on any atom is 0.408 e. The molecule has 0 aliphatic heterocycles. The number of phenolic OH excluding ortho intramolecular Hbond substituents is 1. The Morgan fingerprint density at radius 3 is 2.28 bits per heavy atom. The minimum atomic E-state index is -0.800. The Bertz CT molecular complexity index is 781. The van der Waals surface area contributed by atoms with Gasteiger partial charge in [-0.25, -0.2) is 9.59 Å². The lowest BCUT2D eigenvalue weighted by atomic mass is 10.0. The van der Waals surface area contributed by atoms with E-state index < -0.39 is 23.7 Å². The van der Waals surface area contributed by atoms with Crippen LogP contribution in [0.25, 0.3) is 0 Å². The molecular weight excluding hydrogens is 370 g/mol. The minimum absolute atomic E-state index is 0.143. The van der Waals surface area contributed by atoms with E-state index in [1.807, 2.05) is 42.5 Å². The van der Waals surface area contributed by atoms with Crippen LogP contribution < -0.4 is 5.32 Å². The molecule has 6 nitrogen and oxygen atoms in total. The maximum atomic E-state index is 12.6. The average Bonchev–Trinajstić information content (AvgIpc) is 2.66. The maximum absolute atomic E-state index is 12.6. The topological polar surface area (TPSA) is 84.9 Å². The number of carbonyl (C=O) groups is 2. The molecule has 0 aromatic heterocycles. The summed E-state index contributed by atoms with van der Waals surface area (Å²) >= 11 is 0. The van der Waals surface area contributed by atoms with Crippen molar-refractivity contribution in [1.29, 1.82) is 0 Å². The predicted octanol–water partition coefficient (Wildman–Crippen LogP) is 4.35. The predicted molar refractivity (Wildman–Crippen MR) is 110 cm³/mol. The first-order chi connectivity index (χ1) is 13.7. The van der Waals surface area contributed by atoms with Gasteiger partial charge in [0.15, 0.2) is 0 Å². The number of phenols is 1. The Morgan fingerprint density at radius 2 is 1.66 bits per heavy atom. The highest BCUT2D eigenvalue weighted by Crippen LogP contribution is 2.14. The van der Waals surface area contributed by atoms with Gasteiger partial charge in [0, 0.05) is 0 Å². The van der Waals surface area contributed by atoms with E-state index in [-0.39, 0.29) is 12.4 Å². The number of alkyl carbamates (subject to hydrolysis) is 1. The molecule has 2 aromatic rings. The van der Waals surface area contributed by atoms with Crippen molar-refractivity contribution in [1.82, 2.24) is 5.32 Å². The van der Waals surface area contributed by atoms with Gasteiger partial charge in [-0.15, -0.1) is 0 Å². The monoisotopic (exact) mass is 399 g/mol. The average molecular weight is 399 g/mol. The molecule has 1 atom stereocenters. The SMILES string of the molecule is CC(C)(C)OC(=O)N[C@H](CCCc1ccc(O)cc1)C(=O)OCc1ccccc1. The normalized spacial score (nSPS) is 12.1. The molecular formula is C23H29NO5. The van der Waals surface area contributed by atoms with E-state index in [4.69, 9.17) is 9.47 Å². The molecule has 2 rings (SSSR count). The molecule has 156 valence electrons. The van der Waals surface area contributed by atoms with Crippen molar-refractivity contribution in [2.24, 2.45) is 0 Å². The molecule has 0 radical (unpaired) electrons. The third kappa shape index (κ3) is 8.68. The lowest BCUT2D eigenvalue weighted by molar-refractivity contribution is -0.147. The number of ether oxygens (including phenoxy) is 2.